The van der Waals surface area contributed by atoms with Crippen molar-refractivity contribution in [3.05, 3.63) is 42.0 Å². The molecule has 0 aliphatic carbocycles. The highest BCUT2D eigenvalue weighted by Gasteiger charge is 1.99. The van der Waals surface area contributed by atoms with Gasteiger partial charge in [0.15, 0.2) is 0 Å². The molecule has 0 atom stereocenters. The third kappa shape index (κ3) is 2.55. The van der Waals surface area contributed by atoms with Gasteiger partial charge in [0.1, 0.15) is 0 Å². The summed E-state index contributed by atoms with van der Waals surface area (Å²) in [7, 11) is 0. The predicted octanol–water partition coefficient (Wildman–Crippen LogP) is 2.34. The molecule has 0 spiro atoms. The molecule has 0 bridgehead atoms. The van der Waals surface area contributed by atoms with Gasteiger partial charge in [-0.05, 0) is 18.6 Å². The van der Waals surface area contributed by atoms with Crippen molar-refractivity contribution in [2.75, 3.05) is 0 Å². The third-order valence-corrected chi connectivity index (χ3v) is 1.75. The van der Waals surface area contributed by atoms with Crippen molar-refractivity contribution in [2.45, 2.75) is 6.92 Å². The number of aliphatic imine (C=N–C) groups is 1. The van der Waals surface area contributed by atoms with Crippen LogP contribution in [0.2, 0.25) is 0 Å². The van der Waals surface area contributed by atoms with E-state index in [0.717, 1.165) is 11.3 Å². The largest absolute Gasteiger partial charge is 0.478 e. The average molecular weight is 189 g/mol. The first-order chi connectivity index (χ1) is 6.61. The van der Waals surface area contributed by atoms with Crippen LogP contribution in [0.25, 0.3) is 0 Å². The molecular formula is C11H11NO2. The Morgan fingerprint density at radius 2 is 2.14 bits per heavy atom. The monoisotopic (exact) mass is 189 g/mol. The van der Waals surface area contributed by atoms with Crippen molar-refractivity contribution in [1.82, 2.24) is 0 Å². The van der Waals surface area contributed by atoms with Gasteiger partial charge in [-0.1, -0.05) is 24.8 Å². The molecule has 0 unspecified atom stereocenters. The summed E-state index contributed by atoms with van der Waals surface area (Å²) in [5.74, 6) is -1.05. The highest BCUT2D eigenvalue weighted by molar-refractivity contribution is 6.08. The molecule has 14 heavy (non-hydrogen) atoms. The van der Waals surface area contributed by atoms with Crippen LogP contribution in [0.15, 0.2) is 41.4 Å². The first-order valence-electron chi connectivity index (χ1n) is 4.13. The van der Waals surface area contributed by atoms with Crippen LogP contribution in [-0.2, 0) is 4.79 Å². The number of nitrogens with zero attached hydrogens (tertiary/aromatic N) is 1. The standard InChI is InChI=1S/C11H11NO2/c1-8-5-3-4-6-10(8)12-7-9(2)11(13)14/h3-7H,2H2,1H3,(H,13,14)/b12-7-. The number of carboxylic acids is 1. The molecule has 1 N–H and O–H groups in total. The minimum absolute atomic E-state index is 0.0201. The predicted molar refractivity (Wildman–Crippen MR) is 56.1 cm³/mol. The number of carboxylic acid groups (broad SMARTS) is 1. The second-order valence-corrected chi connectivity index (χ2v) is 2.88. The lowest BCUT2D eigenvalue weighted by molar-refractivity contribution is -0.131. The molecule has 3 nitrogen and oxygen atoms in total. The van der Waals surface area contributed by atoms with Gasteiger partial charge in [-0.25, -0.2) is 4.79 Å². The maximum atomic E-state index is 10.4. The Hall–Kier alpha value is -1.90. The molecule has 1 aromatic rings. The maximum absolute atomic E-state index is 10.4. The number of para-hydroxylation sites is 1. The van der Waals surface area contributed by atoms with Gasteiger partial charge < -0.3 is 5.11 Å². The zero-order valence-electron chi connectivity index (χ0n) is 7.90. The van der Waals surface area contributed by atoms with Crippen LogP contribution in [0.5, 0.6) is 0 Å². The highest BCUT2D eigenvalue weighted by Crippen LogP contribution is 2.16. The van der Waals surface area contributed by atoms with Crippen LogP contribution in [-0.4, -0.2) is 17.3 Å². The van der Waals surface area contributed by atoms with Crippen LogP contribution in [0.4, 0.5) is 5.69 Å². The molecule has 0 aliphatic rings. The lowest BCUT2D eigenvalue weighted by atomic mass is 10.2. The zero-order chi connectivity index (χ0) is 10.6. The van der Waals surface area contributed by atoms with Crippen LogP contribution >= 0.6 is 0 Å². The number of hydrogen-bond acceptors (Lipinski definition) is 2. The van der Waals surface area contributed by atoms with Crippen LogP contribution in [0.3, 0.4) is 0 Å². The van der Waals surface area contributed by atoms with Crippen LogP contribution < -0.4 is 0 Å². The van der Waals surface area contributed by atoms with Crippen molar-refractivity contribution in [3.8, 4) is 0 Å². The Balaban J connectivity index is 2.84. The summed E-state index contributed by atoms with van der Waals surface area (Å²) in [6.07, 6.45) is 1.25. The third-order valence-electron chi connectivity index (χ3n) is 1.75. The Kier molecular flexibility index (Phi) is 3.18. The van der Waals surface area contributed by atoms with Crippen molar-refractivity contribution < 1.29 is 9.90 Å². The van der Waals surface area contributed by atoms with E-state index < -0.39 is 5.97 Å². The van der Waals surface area contributed by atoms with E-state index in [4.69, 9.17) is 5.11 Å². The molecule has 1 aromatic carbocycles. The van der Waals surface area contributed by atoms with E-state index in [0.29, 0.717) is 0 Å². The second kappa shape index (κ2) is 4.37. The highest BCUT2D eigenvalue weighted by atomic mass is 16.4. The van der Waals surface area contributed by atoms with Crippen LogP contribution in [0, 0.1) is 6.92 Å². The molecule has 0 fully saturated rings. The number of hydrogen-bond donors (Lipinski definition) is 1. The van der Waals surface area contributed by atoms with Gasteiger partial charge >= 0.3 is 5.97 Å². The molecule has 0 heterocycles. The Bertz CT molecular complexity index is 394. The van der Waals surface area contributed by atoms with Gasteiger partial charge in [0.2, 0.25) is 0 Å². The lowest BCUT2D eigenvalue weighted by Crippen LogP contribution is -1.99. The van der Waals surface area contributed by atoms with Gasteiger partial charge in [0.25, 0.3) is 0 Å². The zero-order valence-corrected chi connectivity index (χ0v) is 7.90. The number of aryl methyl sites for hydroxylation is 1. The number of carbonyl (C=O) groups is 1. The molecule has 72 valence electrons. The average Bonchev–Trinajstić information content (AvgIpc) is 2.16. The molecule has 0 amide bonds. The SMILES string of the molecule is C=C(/C=N\c1ccccc1C)C(=O)O. The van der Waals surface area contributed by atoms with E-state index in [1.807, 2.05) is 31.2 Å². The lowest BCUT2D eigenvalue weighted by Gasteiger charge is -1.97. The fourth-order valence-electron chi connectivity index (χ4n) is 0.911. The van der Waals surface area contributed by atoms with E-state index in [1.165, 1.54) is 6.21 Å². The van der Waals surface area contributed by atoms with Gasteiger partial charge in [0.05, 0.1) is 11.3 Å². The molecular weight excluding hydrogens is 178 g/mol. The first kappa shape index (κ1) is 10.2. The summed E-state index contributed by atoms with van der Waals surface area (Å²) in [4.78, 5) is 14.4. The van der Waals surface area contributed by atoms with Crippen molar-refractivity contribution in [1.29, 1.82) is 0 Å². The van der Waals surface area contributed by atoms with Crippen LogP contribution in [0.1, 0.15) is 5.56 Å². The second-order valence-electron chi connectivity index (χ2n) is 2.88. The van der Waals surface area contributed by atoms with Crippen molar-refractivity contribution in [2.24, 2.45) is 4.99 Å². The molecule has 0 aliphatic heterocycles. The minimum Gasteiger partial charge on any atom is -0.478 e. The molecule has 1 rings (SSSR count). The Morgan fingerprint density at radius 1 is 1.50 bits per heavy atom. The number of rotatable bonds is 3. The van der Waals surface area contributed by atoms with Gasteiger partial charge in [0, 0.05) is 6.21 Å². The topological polar surface area (TPSA) is 49.7 Å². The molecule has 0 radical (unpaired) electrons. The van der Waals surface area contributed by atoms with E-state index in [1.54, 1.807) is 0 Å². The molecule has 0 saturated heterocycles. The van der Waals surface area contributed by atoms with Crippen molar-refractivity contribution >= 4 is 17.9 Å². The number of benzene rings is 1. The van der Waals surface area contributed by atoms with E-state index in [2.05, 4.69) is 11.6 Å². The maximum Gasteiger partial charge on any atom is 0.336 e. The molecule has 0 saturated carbocycles. The summed E-state index contributed by atoms with van der Waals surface area (Å²) >= 11 is 0. The first-order valence-corrected chi connectivity index (χ1v) is 4.13. The summed E-state index contributed by atoms with van der Waals surface area (Å²) in [5.41, 5.74) is 1.74. The summed E-state index contributed by atoms with van der Waals surface area (Å²) in [5, 5.41) is 8.54. The minimum atomic E-state index is -1.05. The Morgan fingerprint density at radius 3 is 2.71 bits per heavy atom. The Labute approximate surface area is 82.4 Å². The fraction of sp³-hybridized carbons (Fsp3) is 0.0909. The van der Waals surface area contributed by atoms with Gasteiger partial charge in [-0.3, -0.25) is 4.99 Å². The smallest absolute Gasteiger partial charge is 0.336 e. The van der Waals surface area contributed by atoms with E-state index in [9.17, 15) is 4.79 Å². The summed E-state index contributed by atoms with van der Waals surface area (Å²) in [6.45, 7) is 5.26. The molecule has 0 aromatic heterocycles. The fourth-order valence-corrected chi connectivity index (χ4v) is 0.911. The quantitative estimate of drug-likeness (QED) is 0.586. The van der Waals surface area contributed by atoms with E-state index >= 15 is 0 Å². The van der Waals surface area contributed by atoms with E-state index in [-0.39, 0.29) is 5.57 Å². The number of aliphatic carboxylic acids is 1. The van der Waals surface area contributed by atoms with Gasteiger partial charge in [-0.2, -0.15) is 0 Å². The van der Waals surface area contributed by atoms with Crippen molar-refractivity contribution in [3.63, 3.8) is 0 Å². The molecule has 3 heteroatoms. The summed E-state index contributed by atoms with van der Waals surface area (Å²) < 4.78 is 0. The van der Waals surface area contributed by atoms with Gasteiger partial charge in [-0.15, -0.1) is 0 Å². The summed E-state index contributed by atoms with van der Waals surface area (Å²) in [6, 6.07) is 7.49. The normalized spacial score (nSPS) is 10.4.